The lowest BCUT2D eigenvalue weighted by Crippen LogP contribution is -2.48. The van der Waals surface area contributed by atoms with Gasteiger partial charge in [-0.15, -0.1) is 0 Å². The molecule has 138 valence electrons. The molecule has 0 radical (unpaired) electrons. The fourth-order valence-corrected chi connectivity index (χ4v) is 4.35. The van der Waals surface area contributed by atoms with Crippen molar-refractivity contribution in [2.45, 2.75) is 43.5 Å². The molecule has 1 N–H and O–H groups in total. The van der Waals surface area contributed by atoms with Crippen molar-refractivity contribution in [3.63, 3.8) is 0 Å². The number of hydrogen-bond donors (Lipinski definition) is 1. The highest BCUT2D eigenvalue weighted by Crippen LogP contribution is 2.22. The number of piperazine rings is 1. The summed E-state index contributed by atoms with van der Waals surface area (Å²) in [5.41, 5.74) is 0.992. The Morgan fingerprint density at radius 2 is 1.76 bits per heavy atom. The molecule has 1 saturated heterocycles. The van der Waals surface area contributed by atoms with Gasteiger partial charge < -0.3 is 9.80 Å². The van der Waals surface area contributed by atoms with Crippen molar-refractivity contribution in [1.29, 1.82) is 0 Å². The number of aryl methyl sites for hydroxylation is 1. The third kappa shape index (κ3) is 5.03. The van der Waals surface area contributed by atoms with Gasteiger partial charge in [0, 0.05) is 38.6 Å². The highest BCUT2D eigenvalue weighted by atomic mass is 32.2. The van der Waals surface area contributed by atoms with Gasteiger partial charge in [0.2, 0.25) is 15.9 Å². The highest BCUT2D eigenvalue weighted by molar-refractivity contribution is 7.89. The van der Waals surface area contributed by atoms with Crippen LogP contribution >= 0.6 is 0 Å². The first-order chi connectivity index (χ1) is 12.0. The Labute approximate surface area is 150 Å². The Morgan fingerprint density at radius 1 is 1.12 bits per heavy atom. The van der Waals surface area contributed by atoms with E-state index in [0.717, 1.165) is 51.1 Å². The molecule has 3 rings (SSSR count). The van der Waals surface area contributed by atoms with Crippen LogP contribution in [0.15, 0.2) is 29.2 Å². The van der Waals surface area contributed by atoms with Crippen LogP contribution in [0.3, 0.4) is 0 Å². The topological polar surface area (TPSA) is 69.7 Å². The van der Waals surface area contributed by atoms with Crippen LogP contribution in [-0.4, -0.2) is 62.9 Å². The number of amides is 1. The van der Waals surface area contributed by atoms with Gasteiger partial charge in [-0.25, -0.2) is 13.1 Å². The normalized spacial score (nSPS) is 19.2. The summed E-state index contributed by atoms with van der Waals surface area (Å²) in [6, 6.07) is 6.98. The molecule has 7 heteroatoms. The predicted molar refractivity (Wildman–Crippen MR) is 96.8 cm³/mol. The Balaban J connectivity index is 1.49. The first kappa shape index (κ1) is 18.4. The monoisotopic (exact) mass is 365 g/mol. The lowest BCUT2D eigenvalue weighted by atomic mass is 10.1. The zero-order valence-electron chi connectivity index (χ0n) is 14.8. The van der Waals surface area contributed by atoms with E-state index in [2.05, 4.69) is 16.5 Å². The van der Waals surface area contributed by atoms with E-state index in [9.17, 15) is 13.2 Å². The summed E-state index contributed by atoms with van der Waals surface area (Å²) in [5, 5.41) is 0. The van der Waals surface area contributed by atoms with Crippen molar-refractivity contribution in [3.8, 4) is 0 Å². The summed E-state index contributed by atoms with van der Waals surface area (Å²) in [5.74, 6) is 0.183. The van der Waals surface area contributed by atoms with Crippen LogP contribution in [-0.2, 0) is 21.2 Å². The molecule has 0 spiro atoms. The molecule has 1 heterocycles. The number of nitrogens with one attached hydrogen (secondary N) is 1. The molecule has 1 aliphatic carbocycles. The number of likely N-dealkylation sites (N-methyl/N-ethyl adjacent to an activating group) is 1. The molecule has 1 aromatic carbocycles. The van der Waals surface area contributed by atoms with E-state index in [1.807, 2.05) is 17.0 Å². The molecule has 2 fully saturated rings. The molecule has 0 aromatic heterocycles. The van der Waals surface area contributed by atoms with Gasteiger partial charge in [0.25, 0.3) is 0 Å². The smallest absolute Gasteiger partial charge is 0.240 e. The average molecular weight is 365 g/mol. The van der Waals surface area contributed by atoms with Crippen molar-refractivity contribution < 1.29 is 13.2 Å². The molecule has 25 heavy (non-hydrogen) atoms. The Bertz CT molecular complexity index is 691. The van der Waals surface area contributed by atoms with Crippen LogP contribution in [0.5, 0.6) is 0 Å². The van der Waals surface area contributed by atoms with Crippen molar-refractivity contribution in [2.75, 3.05) is 32.7 Å². The molecule has 1 aromatic rings. The van der Waals surface area contributed by atoms with E-state index >= 15 is 0 Å². The zero-order valence-corrected chi connectivity index (χ0v) is 15.6. The fraction of sp³-hybridized carbons (Fsp3) is 0.611. The molecule has 1 aliphatic heterocycles. The summed E-state index contributed by atoms with van der Waals surface area (Å²) < 4.78 is 27.0. The van der Waals surface area contributed by atoms with Gasteiger partial charge in [0.05, 0.1) is 4.90 Å². The number of carbonyl (C=O) groups is 1. The number of hydrogen-bond acceptors (Lipinski definition) is 4. The van der Waals surface area contributed by atoms with Crippen molar-refractivity contribution in [2.24, 2.45) is 0 Å². The number of nitrogens with zero attached hydrogens (tertiary/aromatic N) is 2. The van der Waals surface area contributed by atoms with Gasteiger partial charge in [0.1, 0.15) is 0 Å². The van der Waals surface area contributed by atoms with Gasteiger partial charge in [-0.3, -0.25) is 4.79 Å². The fourth-order valence-electron chi connectivity index (χ4n) is 3.05. The molecule has 0 bridgehead atoms. The molecule has 6 nitrogen and oxygen atoms in total. The quantitative estimate of drug-likeness (QED) is 0.789. The van der Waals surface area contributed by atoms with Crippen molar-refractivity contribution in [1.82, 2.24) is 14.5 Å². The van der Waals surface area contributed by atoms with Crippen LogP contribution in [0.1, 0.15) is 31.7 Å². The van der Waals surface area contributed by atoms with Gasteiger partial charge in [-0.1, -0.05) is 19.1 Å². The molecular weight excluding hydrogens is 338 g/mol. The van der Waals surface area contributed by atoms with E-state index in [1.165, 1.54) is 0 Å². The number of carbonyl (C=O) groups excluding carboxylic acids is 1. The van der Waals surface area contributed by atoms with Gasteiger partial charge in [0.15, 0.2) is 0 Å². The number of sulfonamides is 1. The standard InChI is InChI=1S/C18H27N3O3S/c1-2-20-11-13-21(14-12-20)18(22)10-5-15-3-8-17(9-4-15)25(23,24)19-16-6-7-16/h3-4,8-9,16,19H,2,5-7,10-14H2,1H3. The van der Waals surface area contributed by atoms with Gasteiger partial charge >= 0.3 is 0 Å². The second-order valence-electron chi connectivity index (χ2n) is 6.85. The number of benzene rings is 1. The van der Waals surface area contributed by atoms with Gasteiger partial charge in [-0.2, -0.15) is 0 Å². The van der Waals surface area contributed by atoms with E-state index in [4.69, 9.17) is 0 Å². The van der Waals surface area contributed by atoms with Crippen LogP contribution in [0.25, 0.3) is 0 Å². The highest BCUT2D eigenvalue weighted by Gasteiger charge is 2.27. The lowest BCUT2D eigenvalue weighted by molar-refractivity contribution is -0.132. The van der Waals surface area contributed by atoms with E-state index in [1.54, 1.807) is 12.1 Å². The largest absolute Gasteiger partial charge is 0.340 e. The second-order valence-corrected chi connectivity index (χ2v) is 8.57. The minimum Gasteiger partial charge on any atom is -0.340 e. The van der Waals surface area contributed by atoms with Crippen LogP contribution in [0.2, 0.25) is 0 Å². The third-order valence-corrected chi connectivity index (χ3v) is 6.47. The van der Waals surface area contributed by atoms with E-state index < -0.39 is 10.0 Å². The van der Waals surface area contributed by atoms with Gasteiger partial charge in [-0.05, 0) is 43.5 Å². The average Bonchev–Trinajstić information content (AvgIpc) is 3.43. The molecule has 2 aliphatic rings. The van der Waals surface area contributed by atoms with E-state index in [-0.39, 0.29) is 11.9 Å². The van der Waals surface area contributed by atoms with E-state index in [0.29, 0.717) is 17.7 Å². The third-order valence-electron chi connectivity index (χ3n) is 4.93. The maximum atomic E-state index is 12.3. The SMILES string of the molecule is CCN1CCN(C(=O)CCc2ccc(S(=O)(=O)NC3CC3)cc2)CC1. The van der Waals surface area contributed by atoms with Crippen LogP contribution in [0.4, 0.5) is 0 Å². The van der Waals surface area contributed by atoms with Crippen LogP contribution in [0, 0.1) is 0 Å². The molecule has 1 amide bonds. The maximum Gasteiger partial charge on any atom is 0.240 e. The second kappa shape index (κ2) is 7.85. The summed E-state index contributed by atoms with van der Waals surface area (Å²) in [7, 11) is -3.40. The minimum absolute atomic E-state index is 0.107. The minimum atomic E-state index is -3.40. The zero-order chi connectivity index (χ0) is 17.9. The van der Waals surface area contributed by atoms with Crippen molar-refractivity contribution in [3.05, 3.63) is 29.8 Å². The summed E-state index contributed by atoms with van der Waals surface area (Å²) in [6.07, 6.45) is 2.96. The maximum absolute atomic E-state index is 12.3. The Kier molecular flexibility index (Phi) is 5.76. The Morgan fingerprint density at radius 3 is 2.32 bits per heavy atom. The lowest BCUT2D eigenvalue weighted by Gasteiger charge is -2.34. The Hall–Kier alpha value is -1.44. The summed E-state index contributed by atoms with van der Waals surface area (Å²) in [6.45, 7) is 6.67. The molecular formula is C18H27N3O3S. The van der Waals surface area contributed by atoms with Crippen molar-refractivity contribution >= 4 is 15.9 Å². The number of rotatable bonds is 7. The first-order valence-electron chi connectivity index (χ1n) is 9.09. The molecule has 1 saturated carbocycles. The van der Waals surface area contributed by atoms with Crippen LogP contribution < -0.4 is 4.72 Å². The summed E-state index contributed by atoms with van der Waals surface area (Å²) >= 11 is 0. The molecule has 0 unspecified atom stereocenters. The molecule has 0 atom stereocenters. The predicted octanol–water partition coefficient (Wildman–Crippen LogP) is 1.22. The first-order valence-corrected chi connectivity index (χ1v) is 10.6. The summed E-state index contributed by atoms with van der Waals surface area (Å²) in [4.78, 5) is 16.9.